The van der Waals surface area contributed by atoms with E-state index in [-0.39, 0.29) is 21.1 Å². The number of rotatable bonds is 0. The van der Waals surface area contributed by atoms with Gasteiger partial charge in [-0.25, -0.2) is 0 Å². The Hall–Kier alpha value is -2.18. The topological polar surface area (TPSA) is 17.3 Å². The summed E-state index contributed by atoms with van der Waals surface area (Å²) in [5, 5.41) is 4.74. The average Bonchev–Trinajstić information content (AvgIpc) is 2.93. The molecule has 22 heavy (non-hydrogen) atoms. The SMILES string of the molecule is [Pt].[c-]1cc2ccccc2c2ccn3c4ccccc4nc3c12. The summed E-state index contributed by atoms with van der Waals surface area (Å²) in [4.78, 5) is 4.78. The summed E-state index contributed by atoms with van der Waals surface area (Å²) in [6, 6.07) is 24.3. The third-order valence-electron chi connectivity index (χ3n) is 4.10. The minimum atomic E-state index is 0. The van der Waals surface area contributed by atoms with Crippen LogP contribution in [0.25, 0.3) is 38.2 Å². The smallest absolute Gasteiger partial charge is 0.0774 e. The van der Waals surface area contributed by atoms with Crippen LogP contribution >= 0.6 is 0 Å². The molecule has 108 valence electrons. The van der Waals surface area contributed by atoms with Crippen molar-refractivity contribution in [3.8, 4) is 0 Å². The number of fused-ring (bicyclic) bond motifs is 7. The first-order valence-corrected chi connectivity index (χ1v) is 7.01. The maximum atomic E-state index is 4.78. The van der Waals surface area contributed by atoms with Crippen LogP contribution in [-0.4, -0.2) is 9.38 Å². The van der Waals surface area contributed by atoms with Gasteiger partial charge in [-0.15, -0.1) is 17.5 Å². The van der Waals surface area contributed by atoms with Gasteiger partial charge in [-0.3, -0.25) is 4.98 Å². The maximum Gasteiger partial charge on any atom is 0.0774 e. The Bertz CT molecular complexity index is 1140. The van der Waals surface area contributed by atoms with Crippen molar-refractivity contribution in [2.45, 2.75) is 0 Å². The Morgan fingerprint density at radius 3 is 2.64 bits per heavy atom. The van der Waals surface area contributed by atoms with Gasteiger partial charge in [0.15, 0.2) is 0 Å². The molecule has 0 aliphatic rings. The van der Waals surface area contributed by atoms with Crippen molar-refractivity contribution in [1.29, 1.82) is 0 Å². The standard InChI is InChI=1S/C19H11N2.Pt/c1-2-6-14-13(5-1)9-10-16-15(14)11-12-21-18-8-4-3-7-17(18)20-19(16)21;/h1-9,11-12H;/q-1;. The molecule has 0 aliphatic heterocycles. The largest absolute Gasteiger partial charge is 0.341 e. The molecule has 3 aromatic carbocycles. The molecule has 2 aromatic heterocycles. The minimum absolute atomic E-state index is 0. The number of hydrogen-bond donors (Lipinski definition) is 0. The van der Waals surface area contributed by atoms with Crippen molar-refractivity contribution < 1.29 is 21.1 Å². The molecule has 0 fully saturated rings. The van der Waals surface area contributed by atoms with Crippen molar-refractivity contribution in [2.75, 3.05) is 0 Å². The molecule has 0 atom stereocenters. The zero-order chi connectivity index (χ0) is 13.8. The predicted molar refractivity (Wildman–Crippen MR) is 86.5 cm³/mol. The van der Waals surface area contributed by atoms with Gasteiger partial charge < -0.3 is 4.40 Å². The number of nitrogens with zero attached hydrogens (tertiary/aromatic N) is 2. The van der Waals surface area contributed by atoms with E-state index in [1.165, 1.54) is 16.2 Å². The Labute approximate surface area is 141 Å². The Morgan fingerprint density at radius 2 is 1.68 bits per heavy atom. The Balaban J connectivity index is 0.00000125. The van der Waals surface area contributed by atoms with E-state index in [0.717, 1.165) is 22.1 Å². The fraction of sp³-hybridized carbons (Fsp3) is 0. The minimum Gasteiger partial charge on any atom is -0.341 e. The molecule has 5 rings (SSSR count). The molecule has 0 unspecified atom stereocenters. The second-order valence-electron chi connectivity index (χ2n) is 5.27. The second kappa shape index (κ2) is 4.93. The molecule has 0 saturated heterocycles. The van der Waals surface area contributed by atoms with Gasteiger partial charge >= 0.3 is 0 Å². The van der Waals surface area contributed by atoms with Gasteiger partial charge in [0.2, 0.25) is 0 Å². The summed E-state index contributed by atoms with van der Waals surface area (Å²) in [5.74, 6) is 0. The third kappa shape index (κ3) is 1.74. The number of pyridine rings is 1. The normalized spacial score (nSPS) is 11.3. The summed E-state index contributed by atoms with van der Waals surface area (Å²) < 4.78 is 2.14. The van der Waals surface area contributed by atoms with Gasteiger partial charge in [-0.05, 0) is 18.3 Å². The van der Waals surface area contributed by atoms with Crippen LogP contribution in [0.3, 0.4) is 0 Å². The Kier molecular flexibility index (Phi) is 3.02. The monoisotopic (exact) mass is 462 g/mol. The first-order valence-electron chi connectivity index (χ1n) is 7.01. The van der Waals surface area contributed by atoms with E-state index in [2.05, 4.69) is 65.2 Å². The molecule has 0 bridgehead atoms. The quantitative estimate of drug-likeness (QED) is 0.243. The molecule has 0 spiro atoms. The van der Waals surface area contributed by atoms with Crippen LogP contribution in [-0.2, 0) is 21.1 Å². The summed E-state index contributed by atoms with van der Waals surface area (Å²) in [5.41, 5.74) is 3.13. The average molecular weight is 462 g/mol. The first-order chi connectivity index (χ1) is 10.4. The number of para-hydroxylation sites is 2. The molecule has 0 amide bonds. The molecule has 0 aliphatic carbocycles. The molecule has 0 saturated carbocycles. The molecule has 5 aromatic rings. The van der Waals surface area contributed by atoms with E-state index < -0.39 is 0 Å². The van der Waals surface area contributed by atoms with Crippen molar-refractivity contribution in [3.63, 3.8) is 0 Å². The number of aromatic nitrogens is 2. The van der Waals surface area contributed by atoms with Gasteiger partial charge in [0.05, 0.1) is 16.7 Å². The fourth-order valence-electron chi connectivity index (χ4n) is 3.11. The summed E-state index contributed by atoms with van der Waals surface area (Å²) in [7, 11) is 0. The second-order valence-corrected chi connectivity index (χ2v) is 5.27. The van der Waals surface area contributed by atoms with E-state index in [1.807, 2.05) is 12.1 Å². The maximum absolute atomic E-state index is 4.78. The van der Waals surface area contributed by atoms with Crippen LogP contribution in [0.1, 0.15) is 0 Å². The van der Waals surface area contributed by atoms with E-state index in [4.69, 9.17) is 4.98 Å². The van der Waals surface area contributed by atoms with Crippen LogP contribution in [0, 0.1) is 6.07 Å². The first kappa shape index (κ1) is 13.5. The number of benzene rings is 3. The van der Waals surface area contributed by atoms with Gasteiger partial charge in [0, 0.05) is 21.1 Å². The molecule has 0 radical (unpaired) electrons. The Morgan fingerprint density at radius 1 is 0.864 bits per heavy atom. The molecule has 2 heterocycles. The summed E-state index contributed by atoms with van der Waals surface area (Å²) in [6.07, 6.45) is 2.10. The van der Waals surface area contributed by atoms with Gasteiger partial charge in [0.1, 0.15) is 0 Å². The van der Waals surface area contributed by atoms with E-state index >= 15 is 0 Å². The zero-order valence-electron chi connectivity index (χ0n) is 11.6. The van der Waals surface area contributed by atoms with E-state index in [9.17, 15) is 0 Å². The van der Waals surface area contributed by atoms with Gasteiger partial charge in [-0.2, -0.15) is 0 Å². The number of hydrogen-bond acceptors (Lipinski definition) is 1. The molecule has 0 N–H and O–H groups in total. The predicted octanol–water partition coefficient (Wildman–Crippen LogP) is 4.59. The van der Waals surface area contributed by atoms with E-state index in [0.29, 0.717) is 0 Å². The molecular formula is C19H11N2Pt-. The fourth-order valence-corrected chi connectivity index (χ4v) is 3.11. The summed E-state index contributed by atoms with van der Waals surface area (Å²) in [6.45, 7) is 0. The molecular weight excluding hydrogens is 451 g/mol. The molecule has 2 nitrogen and oxygen atoms in total. The van der Waals surface area contributed by atoms with E-state index in [1.54, 1.807) is 0 Å². The van der Waals surface area contributed by atoms with Gasteiger partial charge in [0.25, 0.3) is 0 Å². The van der Waals surface area contributed by atoms with Crippen molar-refractivity contribution in [3.05, 3.63) is 72.9 Å². The molecule has 3 heteroatoms. The van der Waals surface area contributed by atoms with Crippen LogP contribution < -0.4 is 0 Å². The van der Waals surface area contributed by atoms with Crippen molar-refractivity contribution in [2.24, 2.45) is 0 Å². The van der Waals surface area contributed by atoms with Crippen molar-refractivity contribution >= 4 is 38.2 Å². The van der Waals surface area contributed by atoms with Crippen LogP contribution in [0.5, 0.6) is 0 Å². The van der Waals surface area contributed by atoms with Crippen LogP contribution in [0.2, 0.25) is 0 Å². The summed E-state index contributed by atoms with van der Waals surface area (Å²) >= 11 is 0. The van der Waals surface area contributed by atoms with Gasteiger partial charge in [-0.1, -0.05) is 58.6 Å². The van der Waals surface area contributed by atoms with Crippen LogP contribution in [0.15, 0.2) is 66.9 Å². The van der Waals surface area contributed by atoms with Crippen LogP contribution in [0.4, 0.5) is 0 Å². The number of imidazole rings is 1. The third-order valence-corrected chi connectivity index (χ3v) is 4.10. The van der Waals surface area contributed by atoms with Crippen molar-refractivity contribution in [1.82, 2.24) is 9.38 Å². The zero-order valence-corrected chi connectivity index (χ0v) is 13.8.